The van der Waals surface area contributed by atoms with Gasteiger partial charge >= 0.3 is 0 Å². The summed E-state index contributed by atoms with van der Waals surface area (Å²) in [6.07, 6.45) is 4.18. The molecule has 0 saturated heterocycles. The first kappa shape index (κ1) is 14.5. The largest absolute Gasteiger partial charge is 0.493 e. The lowest BCUT2D eigenvalue weighted by Crippen LogP contribution is -2.17. The minimum atomic E-state index is -0.314. The maximum Gasteiger partial charge on any atom is 0.243 e. The monoisotopic (exact) mass is 251 g/mol. The molecule has 0 aliphatic carbocycles. The van der Waals surface area contributed by atoms with Crippen LogP contribution in [0.25, 0.3) is 0 Å². The predicted molar refractivity (Wildman–Crippen MR) is 69.7 cm³/mol. The van der Waals surface area contributed by atoms with Crippen molar-refractivity contribution in [2.45, 2.75) is 39.0 Å². The van der Waals surface area contributed by atoms with Crippen LogP contribution in [0.3, 0.4) is 0 Å². The van der Waals surface area contributed by atoms with Crippen LogP contribution in [0.5, 0.6) is 5.75 Å². The van der Waals surface area contributed by atoms with E-state index in [4.69, 9.17) is 9.94 Å². The van der Waals surface area contributed by atoms with E-state index in [1.165, 1.54) is 0 Å². The molecule has 0 aliphatic heterocycles. The summed E-state index contributed by atoms with van der Waals surface area (Å²) >= 11 is 0. The van der Waals surface area contributed by atoms with Gasteiger partial charge in [0, 0.05) is 6.42 Å². The van der Waals surface area contributed by atoms with Gasteiger partial charge in [-0.2, -0.15) is 0 Å². The number of ether oxygens (including phenoxy) is 1. The summed E-state index contributed by atoms with van der Waals surface area (Å²) in [6, 6.07) is 7.97. The highest BCUT2D eigenvalue weighted by molar-refractivity contribution is 5.74. The Hall–Kier alpha value is -1.55. The normalized spacial score (nSPS) is 10.1. The van der Waals surface area contributed by atoms with Crippen LogP contribution in [0.2, 0.25) is 0 Å². The first-order chi connectivity index (χ1) is 8.74. The molecular weight excluding hydrogens is 230 g/mol. The summed E-state index contributed by atoms with van der Waals surface area (Å²) in [5.74, 6) is 0.628. The molecule has 18 heavy (non-hydrogen) atoms. The van der Waals surface area contributed by atoms with Crippen LogP contribution in [-0.4, -0.2) is 17.7 Å². The van der Waals surface area contributed by atoms with Crippen LogP contribution in [0.4, 0.5) is 0 Å². The van der Waals surface area contributed by atoms with E-state index in [1.54, 1.807) is 5.48 Å². The minimum absolute atomic E-state index is 0.314. The average molecular weight is 251 g/mol. The smallest absolute Gasteiger partial charge is 0.243 e. The molecule has 1 aromatic rings. The summed E-state index contributed by atoms with van der Waals surface area (Å²) in [6.45, 7) is 2.74. The molecule has 100 valence electrons. The molecule has 0 spiro atoms. The zero-order valence-corrected chi connectivity index (χ0v) is 10.8. The lowest BCUT2D eigenvalue weighted by atomic mass is 10.1. The predicted octanol–water partition coefficient (Wildman–Crippen LogP) is 2.83. The van der Waals surface area contributed by atoms with Crippen molar-refractivity contribution in [3.8, 4) is 5.75 Å². The Kier molecular flexibility index (Phi) is 6.87. The summed E-state index contributed by atoms with van der Waals surface area (Å²) in [4.78, 5) is 10.7. The zero-order valence-electron chi connectivity index (χ0n) is 10.8. The van der Waals surface area contributed by atoms with Crippen molar-refractivity contribution >= 4 is 5.91 Å². The van der Waals surface area contributed by atoms with Crippen molar-refractivity contribution in [2.24, 2.45) is 0 Å². The molecule has 0 heterocycles. The van der Waals surface area contributed by atoms with E-state index in [0.717, 1.165) is 37.0 Å². The minimum Gasteiger partial charge on any atom is -0.493 e. The number of rotatable bonds is 8. The Labute approximate surface area is 108 Å². The summed E-state index contributed by atoms with van der Waals surface area (Å²) in [7, 11) is 0. The van der Waals surface area contributed by atoms with Gasteiger partial charge in [0.15, 0.2) is 0 Å². The van der Waals surface area contributed by atoms with Crippen molar-refractivity contribution in [2.75, 3.05) is 6.61 Å². The summed E-state index contributed by atoms with van der Waals surface area (Å²) in [5.41, 5.74) is 2.78. The Morgan fingerprint density at radius 2 is 1.94 bits per heavy atom. The van der Waals surface area contributed by atoms with E-state index in [2.05, 4.69) is 0 Å². The molecule has 4 heteroatoms. The van der Waals surface area contributed by atoms with Gasteiger partial charge < -0.3 is 4.74 Å². The van der Waals surface area contributed by atoms with Crippen LogP contribution in [-0.2, 0) is 4.79 Å². The van der Waals surface area contributed by atoms with E-state index in [1.807, 2.05) is 31.2 Å². The Bertz CT molecular complexity index is 366. The maximum absolute atomic E-state index is 10.7. The van der Waals surface area contributed by atoms with Crippen molar-refractivity contribution in [3.05, 3.63) is 29.8 Å². The number of nitrogens with one attached hydrogen (secondary N) is 1. The fraction of sp³-hybridized carbons (Fsp3) is 0.500. The molecule has 0 bridgehead atoms. The molecule has 0 aliphatic rings. The molecule has 0 atom stereocenters. The molecule has 4 nitrogen and oxygen atoms in total. The number of hydroxylamine groups is 1. The van der Waals surface area contributed by atoms with Crippen molar-refractivity contribution < 1.29 is 14.7 Å². The van der Waals surface area contributed by atoms with E-state index in [-0.39, 0.29) is 5.91 Å². The van der Waals surface area contributed by atoms with Crippen LogP contribution < -0.4 is 10.2 Å². The molecule has 0 aromatic heterocycles. The molecule has 0 radical (unpaired) electrons. The van der Waals surface area contributed by atoms with Gasteiger partial charge in [-0.1, -0.05) is 31.0 Å². The third-order valence-corrected chi connectivity index (χ3v) is 2.77. The highest BCUT2D eigenvalue weighted by atomic mass is 16.5. The second-order valence-corrected chi connectivity index (χ2v) is 4.31. The Morgan fingerprint density at radius 3 is 2.67 bits per heavy atom. The number of amides is 1. The number of hydrogen-bond donors (Lipinski definition) is 2. The molecule has 0 fully saturated rings. The first-order valence-electron chi connectivity index (χ1n) is 6.35. The van der Waals surface area contributed by atoms with Crippen molar-refractivity contribution in [3.63, 3.8) is 0 Å². The van der Waals surface area contributed by atoms with Crippen LogP contribution in [0, 0.1) is 6.92 Å². The van der Waals surface area contributed by atoms with Gasteiger partial charge in [-0.25, -0.2) is 5.48 Å². The van der Waals surface area contributed by atoms with E-state index in [9.17, 15) is 4.79 Å². The highest BCUT2D eigenvalue weighted by Crippen LogP contribution is 2.16. The standard InChI is InChI=1S/C14H21NO3/c1-12-8-5-6-9-13(12)18-11-7-3-2-4-10-14(16)15-17/h5-6,8-9,17H,2-4,7,10-11H2,1H3,(H,15,16). The summed E-state index contributed by atoms with van der Waals surface area (Å²) in [5, 5.41) is 8.31. The topological polar surface area (TPSA) is 58.6 Å². The molecule has 1 rings (SSSR count). The number of carbonyl (C=O) groups excluding carboxylic acids is 1. The van der Waals surface area contributed by atoms with Crippen LogP contribution >= 0.6 is 0 Å². The van der Waals surface area contributed by atoms with Gasteiger partial charge in [-0.05, 0) is 31.4 Å². The van der Waals surface area contributed by atoms with Gasteiger partial charge in [0.25, 0.3) is 0 Å². The fourth-order valence-corrected chi connectivity index (χ4v) is 1.70. The molecule has 0 saturated carbocycles. The second kappa shape index (κ2) is 8.53. The zero-order chi connectivity index (χ0) is 13.2. The van der Waals surface area contributed by atoms with E-state index >= 15 is 0 Å². The van der Waals surface area contributed by atoms with Crippen LogP contribution in [0.1, 0.15) is 37.7 Å². The average Bonchev–Trinajstić information content (AvgIpc) is 2.39. The summed E-state index contributed by atoms with van der Waals surface area (Å²) < 4.78 is 5.67. The Balaban J connectivity index is 2.02. The molecule has 1 aromatic carbocycles. The lowest BCUT2D eigenvalue weighted by Gasteiger charge is -2.08. The Morgan fingerprint density at radius 1 is 1.22 bits per heavy atom. The van der Waals surface area contributed by atoms with Gasteiger partial charge in [0.1, 0.15) is 5.75 Å². The molecule has 2 N–H and O–H groups in total. The number of carbonyl (C=O) groups is 1. The third-order valence-electron chi connectivity index (χ3n) is 2.77. The second-order valence-electron chi connectivity index (χ2n) is 4.31. The van der Waals surface area contributed by atoms with Gasteiger partial charge in [-0.15, -0.1) is 0 Å². The number of benzene rings is 1. The molecule has 1 amide bonds. The molecular formula is C14H21NO3. The maximum atomic E-state index is 10.7. The quantitative estimate of drug-likeness (QED) is 0.424. The SMILES string of the molecule is Cc1ccccc1OCCCCCCC(=O)NO. The highest BCUT2D eigenvalue weighted by Gasteiger charge is 1.99. The first-order valence-corrected chi connectivity index (χ1v) is 6.35. The van der Waals surface area contributed by atoms with Gasteiger partial charge in [0.2, 0.25) is 5.91 Å². The molecule has 0 unspecified atom stereocenters. The third kappa shape index (κ3) is 5.68. The number of para-hydroxylation sites is 1. The number of aryl methyl sites for hydroxylation is 1. The fourth-order valence-electron chi connectivity index (χ4n) is 1.70. The van der Waals surface area contributed by atoms with Crippen molar-refractivity contribution in [1.29, 1.82) is 0 Å². The van der Waals surface area contributed by atoms with Crippen molar-refractivity contribution in [1.82, 2.24) is 5.48 Å². The van der Waals surface area contributed by atoms with Gasteiger partial charge in [-0.3, -0.25) is 10.0 Å². The lowest BCUT2D eigenvalue weighted by molar-refractivity contribution is -0.129. The number of hydrogen-bond acceptors (Lipinski definition) is 3. The van der Waals surface area contributed by atoms with E-state index < -0.39 is 0 Å². The van der Waals surface area contributed by atoms with Crippen LogP contribution in [0.15, 0.2) is 24.3 Å². The van der Waals surface area contributed by atoms with Gasteiger partial charge in [0.05, 0.1) is 6.61 Å². The number of unbranched alkanes of at least 4 members (excludes halogenated alkanes) is 3. The van der Waals surface area contributed by atoms with E-state index in [0.29, 0.717) is 13.0 Å².